The van der Waals surface area contributed by atoms with Crippen LogP contribution in [0.2, 0.25) is 0 Å². The Bertz CT molecular complexity index is 399. The van der Waals surface area contributed by atoms with E-state index in [-0.39, 0.29) is 0 Å². The highest BCUT2D eigenvalue weighted by atomic mass is 16.6. The van der Waals surface area contributed by atoms with Gasteiger partial charge in [-0.25, -0.2) is 0 Å². The van der Waals surface area contributed by atoms with E-state index in [0.29, 0.717) is 72.7 Å². The molecule has 0 aliphatic heterocycles. The average Bonchev–Trinajstić information content (AvgIpc) is 2.85. The molecular weight excluding hydrogens is 432 g/mol. The van der Waals surface area contributed by atoms with Gasteiger partial charge in [0.1, 0.15) is 6.61 Å². The summed E-state index contributed by atoms with van der Waals surface area (Å²) in [6.45, 7) is 9.15. The molecule has 0 aliphatic carbocycles. The molecule has 0 heterocycles. The van der Waals surface area contributed by atoms with E-state index in [2.05, 4.69) is 12.8 Å². The molecule has 0 N–H and O–H groups in total. The van der Waals surface area contributed by atoms with E-state index in [1.54, 1.807) is 0 Å². The first-order valence-corrected chi connectivity index (χ1v) is 13.8. The minimum atomic E-state index is 0.327. The van der Waals surface area contributed by atoms with Crippen LogP contribution in [0.4, 0.5) is 0 Å². The number of ether oxygens (including phenoxy) is 6. The largest absolute Gasteiger partial charge is 0.379 e. The van der Waals surface area contributed by atoms with Crippen molar-refractivity contribution in [2.24, 2.45) is 0 Å². The van der Waals surface area contributed by atoms with Gasteiger partial charge in [-0.2, -0.15) is 0 Å². The van der Waals surface area contributed by atoms with Crippen LogP contribution < -0.4 is 0 Å². The molecule has 0 fully saturated rings. The van der Waals surface area contributed by atoms with E-state index in [9.17, 15) is 0 Å². The van der Waals surface area contributed by atoms with E-state index in [1.165, 1.54) is 77.0 Å². The molecule has 34 heavy (non-hydrogen) atoms. The SMILES string of the molecule is C#CCOCCOCCOCCOCCOCCOCCCCCCCCCCCCCCC. The summed E-state index contributed by atoms with van der Waals surface area (Å²) in [7, 11) is 0. The van der Waals surface area contributed by atoms with Crippen molar-refractivity contribution in [3.63, 3.8) is 0 Å². The van der Waals surface area contributed by atoms with Gasteiger partial charge in [0, 0.05) is 6.61 Å². The highest BCUT2D eigenvalue weighted by molar-refractivity contribution is 4.82. The standard InChI is InChI=1S/C28H54O6/c1-3-5-6-7-8-9-10-11-12-13-14-15-16-18-30-20-22-32-24-26-34-28-27-33-25-23-31-21-19-29-17-4-2/h2H,3,5-28H2,1H3. The summed E-state index contributed by atoms with van der Waals surface area (Å²) in [6, 6.07) is 0. The monoisotopic (exact) mass is 486 g/mol. The second kappa shape index (κ2) is 32.3. The Hall–Kier alpha value is -0.680. The van der Waals surface area contributed by atoms with Crippen molar-refractivity contribution >= 4 is 0 Å². The van der Waals surface area contributed by atoms with Crippen LogP contribution in [0, 0.1) is 12.3 Å². The number of unbranched alkanes of at least 4 members (excludes halogenated alkanes) is 12. The Morgan fingerprint density at radius 3 is 1.03 bits per heavy atom. The fourth-order valence-electron chi connectivity index (χ4n) is 3.45. The van der Waals surface area contributed by atoms with E-state index in [0.717, 1.165) is 13.0 Å². The first kappa shape index (κ1) is 33.3. The zero-order valence-electron chi connectivity index (χ0n) is 22.2. The molecule has 0 aliphatic rings. The number of hydrogen-bond acceptors (Lipinski definition) is 6. The second-order valence-electron chi connectivity index (χ2n) is 8.56. The zero-order valence-corrected chi connectivity index (χ0v) is 22.2. The number of terminal acetylenes is 1. The van der Waals surface area contributed by atoms with Crippen molar-refractivity contribution in [2.45, 2.75) is 90.4 Å². The number of hydrogen-bond donors (Lipinski definition) is 0. The third-order valence-corrected chi connectivity index (χ3v) is 5.44. The maximum atomic E-state index is 5.64. The van der Waals surface area contributed by atoms with E-state index in [4.69, 9.17) is 34.8 Å². The summed E-state index contributed by atoms with van der Waals surface area (Å²) in [5.74, 6) is 2.41. The van der Waals surface area contributed by atoms with Crippen molar-refractivity contribution in [1.82, 2.24) is 0 Å². The predicted molar refractivity (Wildman–Crippen MR) is 139 cm³/mol. The Kier molecular flexibility index (Phi) is 31.7. The summed E-state index contributed by atoms with van der Waals surface area (Å²) in [5.41, 5.74) is 0. The van der Waals surface area contributed by atoms with Gasteiger partial charge in [-0.1, -0.05) is 89.9 Å². The lowest BCUT2D eigenvalue weighted by atomic mass is 10.0. The predicted octanol–water partition coefficient (Wildman–Crippen LogP) is 5.81. The molecule has 0 bridgehead atoms. The van der Waals surface area contributed by atoms with Crippen molar-refractivity contribution in [2.75, 3.05) is 79.3 Å². The summed E-state index contributed by atoms with van der Waals surface area (Å²) >= 11 is 0. The second-order valence-corrected chi connectivity index (χ2v) is 8.56. The molecule has 0 radical (unpaired) electrons. The summed E-state index contributed by atoms with van der Waals surface area (Å²) in [4.78, 5) is 0. The molecule has 6 nitrogen and oxygen atoms in total. The fraction of sp³-hybridized carbons (Fsp3) is 0.929. The van der Waals surface area contributed by atoms with Crippen LogP contribution in [0.3, 0.4) is 0 Å². The van der Waals surface area contributed by atoms with Gasteiger partial charge in [0.2, 0.25) is 0 Å². The van der Waals surface area contributed by atoms with Gasteiger partial charge in [-0.3, -0.25) is 0 Å². The molecule has 0 atom stereocenters. The van der Waals surface area contributed by atoms with Gasteiger partial charge in [-0.05, 0) is 6.42 Å². The number of rotatable bonds is 30. The van der Waals surface area contributed by atoms with E-state index >= 15 is 0 Å². The minimum absolute atomic E-state index is 0.327. The van der Waals surface area contributed by atoms with Crippen molar-refractivity contribution in [1.29, 1.82) is 0 Å². The quantitative estimate of drug-likeness (QED) is 0.0943. The molecular formula is C28H54O6. The highest BCUT2D eigenvalue weighted by Crippen LogP contribution is 2.12. The maximum Gasteiger partial charge on any atom is 0.107 e. The summed E-state index contributed by atoms with van der Waals surface area (Å²) in [5, 5.41) is 0. The molecule has 0 unspecified atom stereocenters. The molecule has 0 aromatic rings. The molecule has 0 saturated carbocycles. The fourth-order valence-corrected chi connectivity index (χ4v) is 3.45. The summed E-state index contributed by atoms with van der Waals surface area (Å²) in [6.07, 6.45) is 23.0. The first-order valence-electron chi connectivity index (χ1n) is 13.8. The topological polar surface area (TPSA) is 55.4 Å². The van der Waals surface area contributed by atoms with Gasteiger partial charge in [0.25, 0.3) is 0 Å². The Labute approximate surface area is 210 Å². The third kappa shape index (κ3) is 31.3. The van der Waals surface area contributed by atoms with Crippen molar-refractivity contribution in [3.8, 4) is 12.3 Å². The van der Waals surface area contributed by atoms with E-state index in [1.807, 2.05) is 0 Å². The Balaban J connectivity index is 3.00. The van der Waals surface area contributed by atoms with Crippen molar-refractivity contribution in [3.05, 3.63) is 0 Å². The first-order chi connectivity index (χ1) is 16.9. The molecule has 0 spiro atoms. The van der Waals surface area contributed by atoms with Crippen LogP contribution in [-0.2, 0) is 28.4 Å². The summed E-state index contributed by atoms with van der Waals surface area (Å²) < 4.78 is 32.5. The van der Waals surface area contributed by atoms with Crippen LogP contribution in [0.5, 0.6) is 0 Å². The molecule has 0 aromatic heterocycles. The minimum Gasteiger partial charge on any atom is -0.379 e. The molecule has 6 heteroatoms. The molecule has 0 amide bonds. The maximum absolute atomic E-state index is 5.64. The van der Waals surface area contributed by atoms with Crippen LogP contribution in [0.25, 0.3) is 0 Å². The van der Waals surface area contributed by atoms with Crippen molar-refractivity contribution < 1.29 is 28.4 Å². The normalized spacial score (nSPS) is 11.2. The van der Waals surface area contributed by atoms with Gasteiger partial charge in [-0.15, -0.1) is 6.42 Å². The van der Waals surface area contributed by atoms with Crippen LogP contribution in [-0.4, -0.2) is 79.3 Å². The van der Waals surface area contributed by atoms with Gasteiger partial charge < -0.3 is 28.4 Å². The van der Waals surface area contributed by atoms with Crippen LogP contribution in [0.15, 0.2) is 0 Å². The third-order valence-electron chi connectivity index (χ3n) is 5.44. The molecule has 0 aromatic carbocycles. The highest BCUT2D eigenvalue weighted by Gasteiger charge is 1.96. The lowest BCUT2D eigenvalue weighted by Gasteiger charge is -2.08. The van der Waals surface area contributed by atoms with Crippen LogP contribution >= 0.6 is 0 Å². The van der Waals surface area contributed by atoms with Crippen LogP contribution in [0.1, 0.15) is 90.4 Å². The lowest BCUT2D eigenvalue weighted by Crippen LogP contribution is -2.14. The van der Waals surface area contributed by atoms with Gasteiger partial charge in [0.15, 0.2) is 0 Å². The Morgan fingerprint density at radius 1 is 0.382 bits per heavy atom. The molecule has 0 rings (SSSR count). The average molecular weight is 487 g/mol. The smallest absolute Gasteiger partial charge is 0.107 e. The van der Waals surface area contributed by atoms with Gasteiger partial charge >= 0.3 is 0 Å². The molecule has 202 valence electrons. The molecule has 0 saturated heterocycles. The Morgan fingerprint density at radius 2 is 0.676 bits per heavy atom. The zero-order chi connectivity index (χ0) is 24.6. The lowest BCUT2D eigenvalue weighted by molar-refractivity contribution is -0.0156. The van der Waals surface area contributed by atoms with Gasteiger partial charge in [0.05, 0.1) is 66.1 Å². The van der Waals surface area contributed by atoms with E-state index < -0.39 is 0 Å².